The molecule has 0 saturated heterocycles. The molecule has 31 heavy (non-hydrogen) atoms. The third-order valence-corrected chi connectivity index (χ3v) is 5.79. The lowest BCUT2D eigenvalue weighted by atomic mass is 10.1. The van der Waals surface area contributed by atoms with Crippen molar-refractivity contribution in [3.63, 3.8) is 0 Å². The molecule has 0 bridgehead atoms. The fraction of sp³-hybridized carbons (Fsp3) is 0.160. The molecular weight excluding hydrogens is 410 g/mol. The Kier molecular flexibility index (Phi) is 6.69. The number of esters is 2. The molecule has 0 aliphatic heterocycles. The van der Waals surface area contributed by atoms with Crippen LogP contribution in [0.4, 0.5) is 0 Å². The molecule has 0 radical (unpaired) electrons. The van der Waals surface area contributed by atoms with Crippen molar-refractivity contribution < 1.29 is 19.1 Å². The third-order valence-electron chi connectivity index (χ3n) is 4.73. The van der Waals surface area contributed by atoms with Gasteiger partial charge < -0.3 is 9.47 Å². The van der Waals surface area contributed by atoms with E-state index in [4.69, 9.17) is 9.47 Å². The number of ether oxygens (including phenoxy) is 2. The van der Waals surface area contributed by atoms with Crippen LogP contribution in [-0.4, -0.2) is 16.9 Å². The van der Waals surface area contributed by atoms with E-state index in [9.17, 15) is 9.59 Å². The summed E-state index contributed by atoms with van der Waals surface area (Å²) in [6, 6.07) is 26.4. The number of nitrogens with zero attached hydrogens (tertiary/aromatic N) is 1. The van der Waals surface area contributed by atoms with E-state index < -0.39 is 17.9 Å². The first-order valence-corrected chi connectivity index (χ1v) is 10.8. The van der Waals surface area contributed by atoms with Crippen molar-refractivity contribution in [3.05, 3.63) is 101 Å². The van der Waals surface area contributed by atoms with Gasteiger partial charge in [0.1, 0.15) is 13.2 Å². The van der Waals surface area contributed by atoms with Crippen LogP contribution >= 0.6 is 11.3 Å². The Bertz CT molecular complexity index is 1070. The highest BCUT2D eigenvalue weighted by molar-refractivity contribution is 7.18. The number of carbonyl (C=O) groups excluding carboxylic acids is 2. The third kappa shape index (κ3) is 5.55. The zero-order valence-corrected chi connectivity index (χ0v) is 17.6. The second kappa shape index (κ2) is 10.00. The van der Waals surface area contributed by atoms with Crippen LogP contribution in [0.15, 0.2) is 84.9 Å². The number of hydrogen-bond acceptors (Lipinski definition) is 6. The van der Waals surface area contributed by atoms with Gasteiger partial charge in [-0.05, 0) is 23.3 Å². The minimum Gasteiger partial charge on any atom is -0.460 e. The molecule has 1 heterocycles. The number of aromatic nitrogens is 1. The summed E-state index contributed by atoms with van der Waals surface area (Å²) in [6.07, 6.45) is 0.139. The average Bonchev–Trinajstić information content (AvgIpc) is 3.23. The number of carbonyl (C=O) groups is 2. The largest absolute Gasteiger partial charge is 0.460 e. The maximum absolute atomic E-state index is 12.8. The molecule has 0 atom stereocenters. The highest BCUT2D eigenvalue weighted by atomic mass is 32.1. The lowest BCUT2D eigenvalue weighted by Crippen LogP contribution is -2.29. The Morgan fingerprint density at radius 3 is 1.81 bits per heavy atom. The molecular formula is C25H21NO4S. The van der Waals surface area contributed by atoms with Gasteiger partial charge >= 0.3 is 11.9 Å². The molecule has 3 aromatic carbocycles. The molecule has 4 aromatic rings. The fourth-order valence-electron chi connectivity index (χ4n) is 3.10. The molecule has 0 saturated carbocycles. The van der Waals surface area contributed by atoms with Gasteiger partial charge in [-0.2, -0.15) is 0 Å². The van der Waals surface area contributed by atoms with Crippen molar-refractivity contribution in [3.8, 4) is 0 Å². The van der Waals surface area contributed by atoms with Crippen LogP contribution in [0.1, 0.15) is 16.1 Å². The van der Waals surface area contributed by atoms with Gasteiger partial charge in [-0.25, -0.2) is 4.98 Å². The summed E-state index contributed by atoms with van der Waals surface area (Å²) in [4.78, 5) is 30.2. The van der Waals surface area contributed by atoms with E-state index in [-0.39, 0.29) is 19.6 Å². The summed E-state index contributed by atoms with van der Waals surface area (Å²) in [5.74, 6) is -2.30. The molecule has 0 N–H and O–H groups in total. The molecule has 6 heteroatoms. The maximum atomic E-state index is 12.8. The molecule has 4 rings (SSSR count). The van der Waals surface area contributed by atoms with Crippen molar-refractivity contribution in [2.75, 3.05) is 0 Å². The van der Waals surface area contributed by atoms with Crippen molar-refractivity contribution in [1.29, 1.82) is 0 Å². The Labute approximate surface area is 184 Å². The standard InChI is InChI=1S/C25H21NO4S/c27-24(29-16-18-9-3-1-4-10-18)20(25(28)30-17-19-11-5-2-6-12-19)15-23-26-21-13-7-8-14-22(21)31-23/h1-14,20H,15-17H2. The van der Waals surface area contributed by atoms with Crippen LogP contribution < -0.4 is 0 Å². The maximum Gasteiger partial charge on any atom is 0.321 e. The first-order chi connectivity index (χ1) is 15.2. The minimum absolute atomic E-state index is 0.0992. The van der Waals surface area contributed by atoms with Gasteiger partial charge in [-0.1, -0.05) is 72.8 Å². The second-order valence-corrected chi connectivity index (χ2v) is 8.13. The number of rotatable bonds is 8. The molecule has 0 amide bonds. The quantitative estimate of drug-likeness (QED) is 0.292. The Morgan fingerprint density at radius 2 is 1.26 bits per heavy atom. The predicted octanol–water partition coefficient (Wildman–Crippen LogP) is 4.94. The lowest BCUT2D eigenvalue weighted by molar-refractivity contribution is -0.163. The zero-order valence-electron chi connectivity index (χ0n) is 16.8. The minimum atomic E-state index is -1.08. The van der Waals surface area contributed by atoms with Crippen molar-refractivity contribution in [1.82, 2.24) is 4.98 Å². The van der Waals surface area contributed by atoms with Gasteiger partial charge in [0.2, 0.25) is 0 Å². The van der Waals surface area contributed by atoms with E-state index in [1.54, 1.807) is 0 Å². The summed E-state index contributed by atoms with van der Waals surface area (Å²) in [5, 5.41) is 0.694. The molecule has 0 fully saturated rings. The highest BCUT2D eigenvalue weighted by Gasteiger charge is 2.31. The van der Waals surface area contributed by atoms with E-state index >= 15 is 0 Å². The average molecular weight is 432 g/mol. The Balaban J connectivity index is 1.48. The molecule has 0 unspecified atom stereocenters. The van der Waals surface area contributed by atoms with E-state index in [0.717, 1.165) is 21.3 Å². The molecule has 0 spiro atoms. The smallest absolute Gasteiger partial charge is 0.321 e. The number of thiazole rings is 1. The number of hydrogen-bond donors (Lipinski definition) is 0. The van der Waals surface area contributed by atoms with E-state index in [0.29, 0.717) is 5.01 Å². The monoisotopic (exact) mass is 431 g/mol. The van der Waals surface area contributed by atoms with E-state index in [1.165, 1.54) is 11.3 Å². The zero-order chi connectivity index (χ0) is 21.5. The van der Waals surface area contributed by atoms with Gasteiger partial charge in [-0.15, -0.1) is 11.3 Å². The van der Waals surface area contributed by atoms with E-state index in [1.807, 2.05) is 84.9 Å². The molecule has 156 valence electrons. The molecule has 5 nitrogen and oxygen atoms in total. The molecule has 1 aromatic heterocycles. The van der Waals surface area contributed by atoms with Gasteiger partial charge in [0.15, 0.2) is 5.92 Å². The number of benzene rings is 3. The van der Waals surface area contributed by atoms with Crippen LogP contribution in [0, 0.1) is 5.92 Å². The van der Waals surface area contributed by atoms with Crippen LogP contribution in [0.25, 0.3) is 10.2 Å². The van der Waals surface area contributed by atoms with Gasteiger partial charge in [-0.3, -0.25) is 9.59 Å². The van der Waals surface area contributed by atoms with Gasteiger partial charge in [0.25, 0.3) is 0 Å². The fourth-order valence-corrected chi connectivity index (χ4v) is 4.12. The van der Waals surface area contributed by atoms with E-state index in [2.05, 4.69) is 4.98 Å². The first-order valence-electron chi connectivity index (χ1n) is 9.94. The summed E-state index contributed by atoms with van der Waals surface area (Å²) in [6.45, 7) is 0.198. The Morgan fingerprint density at radius 1 is 0.742 bits per heavy atom. The Hall–Kier alpha value is -3.51. The van der Waals surface area contributed by atoms with Gasteiger partial charge in [0, 0.05) is 6.42 Å². The SMILES string of the molecule is O=C(OCc1ccccc1)C(Cc1nc2ccccc2s1)C(=O)OCc1ccccc1. The van der Waals surface area contributed by atoms with Crippen LogP contribution in [0.3, 0.4) is 0 Å². The first kappa shape index (κ1) is 20.8. The highest BCUT2D eigenvalue weighted by Crippen LogP contribution is 2.25. The topological polar surface area (TPSA) is 65.5 Å². The summed E-state index contributed by atoms with van der Waals surface area (Å²) >= 11 is 1.46. The van der Waals surface area contributed by atoms with Crippen LogP contribution in [0.2, 0.25) is 0 Å². The van der Waals surface area contributed by atoms with Crippen LogP contribution in [-0.2, 0) is 38.7 Å². The van der Waals surface area contributed by atoms with Crippen LogP contribution in [0.5, 0.6) is 0 Å². The second-order valence-electron chi connectivity index (χ2n) is 7.02. The summed E-state index contributed by atoms with van der Waals surface area (Å²) < 4.78 is 11.9. The van der Waals surface area contributed by atoms with Crippen molar-refractivity contribution in [2.45, 2.75) is 19.6 Å². The summed E-state index contributed by atoms with van der Waals surface area (Å²) in [7, 11) is 0. The molecule has 0 aliphatic carbocycles. The van der Waals surface area contributed by atoms with Crippen molar-refractivity contribution >= 4 is 33.5 Å². The van der Waals surface area contributed by atoms with Crippen molar-refractivity contribution in [2.24, 2.45) is 5.92 Å². The molecule has 0 aliphatic rings. The lowest BCUT2D eigenvalue weighted by Gasteiger charge is -2.15. The predicted molar refractivity (Wildman–Crippen MR) is 119 cm³/mol. The number of fused-ring (bicyclic) bond motifs is 1. The van der Waals surface area contributed by atoms with Gasteiger partial charge in [0.05, 0.1) is 15.2 Å². The summed E-state index contributed by atoms with van der Waals surface area (Å²) in [5.41, 5.74) is 2.55. The normalized spacial score (nSPS) is 10.9. The number of para-hydroxylation sites is 1.